The molecular weight excluding hydrogens is 174 g/mol. The highest BCUT2D eigenvalue weighted by Crippen LogP contribution is 2.85. The van der Waals surface area contributed by atoms with Gasteiger partial charge in [-0.2, -0.15) is 0 Å². The molecule has 1 aliphatic carbocycles. The summed E-state index contributed by atoms with van der Waals surface area (Å²) in [5.41, 5.74) is 0.0620. The van der Waals surface area contributed by atoms with Gasteiger partial charge in [0.2, 0.25) is 5.91 Å². The van der Waals surface area contributed by atoms with Gasteiger partial charge in [0.05, 0.1) is 5.41 Å². The Morgan fingerprint density at radius 1 is 1.00 bits per heavy atom. The van der Waals surface area contributed by atoms with Gasteiger partial charge in [-0.3, -0.25) is 4.79 Å². The van der Waals surface area contributed by atoms with Crippen LogP contribution < -0.4 is 0 Å². The van der Waals surface area contributed by atoms with E-state index in [0.717, 1.165) is 0 Å². The average Bonchev–Trinajstić information content (AvgIpc) is 2.40. The number of carbonyl (C=O) groups is 1. The Labute approximate surface area is 86.7 Å². The maximum absolute atomic E-state index is 12.2. The fraction of sp³-hybridized carbons (Fsp3) is 0.917. The van der Waals surface area contributed by atoms with E-state index in [-0.39, 0.29) is 21.8 Å². The highest BCUT2D eigenvalue weighted by atomic mass is 16.2. The normalized spacial score (nSPS) is 47.9. The number of likely N-dealkylation sites (tertiary alicyclic amines) is 1. The van der Waals surface area contributed by atoms with Gasteiger partial charge in [-0.15, -0.1) is 0 Å². The van der Waals surface area contributed by atoms with Crippen LogP contribution in [0.15, 0.2) is 0 Å². The highest BCUT2D eigenvalue weighted by Gasteiger charge is 2.90. The number of hydrogen-bond donors (Lipinski definition) is 0. The molecule has 2 unspecified atom stereocenters. The molecule has 1 saturated heterocycles. The quantitative estimate of drug-likeness (QED) is 0.580. The molecule has 0 aromatic heterocycles. The SMILES string of the molecule is CN1C(=O)C2(C)C(C)(C)C2(C)C1(C)C. The number of rotatable bonds is 0. The second kappa shape index (κ2) is 1.89. The van der Waals surface area contributed by atoms with Crippen LogP contribution in [0.4, 0.5) is 0 Å². The number of hydrogen-bond acceptors (Lipinski definition) is 1. The lowest BCUT2D eigenvalue weighted by Crippen LogP contribution is -2.48. The Morgan fingerprint density at radius 2 is 1.43 bits per heavy atom. The molecule has 2 nitrogen and oxygen atoms in total. The molecule has 1 heterocycles. The molecule has 2 aliphatic rings. The second-order valence-corrected chi connectivity index (χ2v) is 6.30. The zero-order chi connectivity index (χ0) is 11.2. The first kappa shape index (κ1) is 10.0. The van der Waals surface area contributed by atoms with Crippen LogP contribution in [0.25, 0.3) is 0 Å². The minimum absolute atomic E-state index is 0.0255. The van der Waals surface area contributed by atoms with Crippen LogP contribution in [-0.2, 0) is 4.79 Å². The van der Waals surface area contributed by atoms with Gasteiger partial charge in [0.25, 0.3) is 0 Å². The molecule has 1 aliphatic heterocycles. The van der Waals surface area contributed by atoms with Crippen molar-refractivity contribution in [1.29, 1.82) is 0 Å². The lowest BCUT2D eigenvalue weighted by molar-refractivity contribution is -0.137. The summed E-state index contributed by atoms with van der Waals surface area (Å²) in [6, 6.07) is 0. The summed E-state index contributed by atoms with van der Waals surface area (Å²) in [5, 5.41) is 0. The molecule has 2 heteroatoms. The number of nitrogens with zero attached hydrogens (tertiary/aromatic N) is 1. The Kier molecular flexibility index (Phi) is 1.35. The Bertz CT molecular complexity index is 331. The molecule has 0 N–H and O–H groups in total. The van der Waals surface area contributed by atoms with Crippen LogP contribution in [0.2, 0.25) is 0 Å². The number of amides is 1. The fourth-order valence-corrected chi connectivity index (χ4v) is 4.13. The third-order valence-corrected chi connectivity index (χ3v) is 6.23. The molecule has 2 rings (SSSR count). The molecule has 0 bridgehead atoms. The monoisotopic (exact) mass is 195 g/mol. The van der Waals surface area contributed by atoms with Crippen molar-refractivity contribution >= 4 is 5.91 Å². The third-order valence-electron chi connectivity index (χ3n) is 6.23. The maximum atomic E-state index is 12.2. The first-order chi connectivity index (χ1) is 6.07. The molecule has 0 spiro atoms. The van der Waals surface area contributed by atoms with Crippen molar-refractivity contribution in [3.63, 3.8) is 0 Å². The van der Waals surface area contributed by atoms with Gasteiger partial charge in [-0.25, -0.2) is 0 Å². The molecular formula is C12H21NO. The lowest BCUT2D eigenvalue weighted by atomic mass is 9.79. The van der Waals surface area contributed by atoms with Crippen LogP contribution in [0, 0.1) is 16.2 Å². The van der Waals surface area contributed by atoms with Crippen molar-refractivity contribution < 1.29 is 4.79 Å². The standard InChI is InChI=1S/C12H21NO/c1-9(2)11(5)8(14)13(7)10(3,4)12(9,11)6/h1-7H3. The molecule has 2 atom stereocenters. The summed E-state index contributed by atoms with van der Waals surface area (Å²) in [4.78, 5) is 14.2. The van der Waals surface area contributed by atoms with Crippen LogP contribution in [0.3, 0.4) is 0 Å². The lowest BCUT2D eigenvalue weighted by Gasteiger charge is -2.39. The largest absolute Gasteiger partial charge is 0.340 e. The molecule has 1 amide bonds. The maximum Gasteiger partial charge on any atom is 0.229 e. The molecule has 2 fully saturated rings. The second-order valence-electron chi connectivity index (χ2n) is 6.30. The van der Waals surface area contributed by atoms with Gasteiger partial charge >= 0.3 is 0 Å². The van der Waals surface area contributed by atoms with Gasteiger partial charge < -0.3 is 4.90 Å². The summed E-state index contributed by atoms with van der Waals surface area (Å²) in [6.07, 6.45) is 0. The van der Waals surface area contributed by atoms with Crippen molar-refractivity contribution in [1.82, 2.24) is 4.90 Å². The van der Waals surface area contributed by atoms with Crippen LogP contribution in [-0.4, -0.2) is 23.4 Å². The zero-order valence-corrected chi connectivity index (χ0v) is 10.4. The van der Waals surface area contributed by atoms with Gasteiger partial charge in [0, 0.05) is 18.0 Å². The number of carbonyl (C=O) groups excluding carboxylic acids is 1. The van der Waals surface area contributed by atoms with E-state index in [9.17, 15) is 4.79 Å². The van der Waals surface area contributed by atoms with E-state index in [1.165, 1.54) is 0 Å². The predicted molar refractivity (Wildman–Crippen MR) is 56.8 cm³/mol. The molecule has 80 valence electrons. The molecule has 0 aromatic rings. The highest BCUT2D eigenvalue weighted by molar-refractivity contribution is 5.93. The van der Waals surface area contributed by atoms with E-state index in [1.807, 2.05) is 11.9 Å². The summed E-state index contributed by atoms with van der Waals surface area (Å²) in [5.74, 6) is 0.315. The molecule has 14 heavy (non-hydrogen) atoms. The molecule has 0 aromatic carbocycles. The zero-order valence-electron chi connectivity index (χ0n) is 10.4. The van der Waals surface area contributed by atoms with Crippen LogP contribution in [0.1, 0.15) is 41.5 Å². The van der Waals surface area contributed by atoms with Crippen molar-refractivity contribution in [2.45, 2.75) is 47.1 Å². The van der Waals surface area contributed by atoms with Crippen molar-refractivity contribution in [2.24, 2.45) is 16.2 Å². The fourth-order valence-electron chi connectivity index (χ4n) is 4.13. The van der Waals surface area contributed by atoms with Crippen LogP contribution >= 0.6 is 0 Å². The topological polar surface area (TPSA) is 20.3 Å². The van der Waals surface area contributed by atoms with E-state index in [4.69, 9.17) is 0 Å². The Hall–Kier alpha value is -0.530. The minimum atomic E-state index is -0.155. The van der Waals surface area contributed by atoms with Gasteiger partial charge in [-0.05, 0) is 26.2 Å². The average molecular weight is 195 g/mol. The van der Waals surface area contributed by atoms with Crippen molar-refractivity contribution in [3.05, 3.63) is 0 Å². The van der Waals surface area contributed by atoms with E-state index in [0.29, 0.717) is 5.91 Å². The van der Waals surface area contributed by atoms with E-state index in [2.05, 4.69) is 41.5 Å². The first-order valence-electron chi connectivity index (χ1n) is 5.35. The number of piperidine rings is 1. The third kappa shape index (κ3) is 0.514. The van der Waals surface area contributed by atoms with E-state index >= 15 is 0 Å². The first-order valence-corrected chi connectivity index (χ1v) is 5.35. The Morgan fingerprint density at radius 3 is 1.64 bits per heavy atom. The van der Waals surface area contributed by atoms with Crippen molar-refractivity contribution in [2.75, 3.05) is 7.05 Å². The van der Waals surface area contributed by atoms with Gasteiger partial charge in [-0.1, -0.05) is 20.8 Å². The summed E-state index contributed by atoms with van der Waals surface area (Å²) >= 11 is 0. The van der Waals surface area contributed by atoms with Crippen molar-refractivity contribution in [3.8, 4) is 0 Å². The molecule has 0 radical (unpaired) electrons. The van der Waals surface area contributed by atoms with Gasteiger partial charge in [0.15, 0.2) is 0 Å². The minimum Gasteiger partial charge on any atom is -0.340 e. The van der Waals surface area contributed by atoms with Crippen LogP contribution in [0.5, 0.6) is 0 Å². The van der Waals surface area contributed by atoms with E-state index < -0.39 is 0 Å². The van der Waals surface area contributed by atoms with E-state index in [1.54, 1.807) is 0 Å². The summed E-state index contributed by atoms with van der Waals surface area (Å²) in [6.45, 7) is 13.2. The number of fused-ring (bicyclic) bond motifs is 1. The Balaban J connectivity index is 2.63. The van der Waals surface area contributed by atoms with Gasteiger partial charge in [0.1, 0.15) is 0 Å². The predicted octanol–water partition coefficient (Wildman–Crippen LogP) is 2.29. The molecule has 1 saturated carbocycles. The summed E-state index contributed by atoms with van der Waals surface area (Å²) in [7, 11) is 1.93. The summed E-state index contributed by atoms with van der Waals surface area (Å²) < 4.78 is 0. The smallest absolute Gasteiger partial charge is 0.229 e.